The topological polar surface area (TPSA) is 56.8 Å². The Morgan fingerprint density at radius 2 is 1.24 bits per heavy atom. The molecule has 3 rings (SSSR count). The van der Waals surface area contributed by atoms with Crippen LogP contribution in [-0.2, 0) is 38.8 Å². The van der Waals surface area contributed by atoms with E-state index in [2.05, 4.69) is 11.9 Å². The molecule has 0 aliphatic heterocycles. The van der Waals surface area contributed by atoms with Gasteiger partial charge in [-0.2, -0.15) is 13.2 Å². The van der Waals surface area contributed by atoms with Crippen LogP contribution in [0.5, 0.6) is 0 Å². The summed E-state index contributed by atoms with van der Waals surface area (Å²) in [4.78, 5) is 12.0. The molecule has 3 atom stereocenters. The molecule has 5 nitrogen and oxygen atoms in total. The number of hydrogen-bond donors (Lipinski definition) is 1. The molecule has 0 radical (unpaired) electrons. The van der Waals surface area contributed by atoms with Gasteiger partial charge in [0.05, 0.1) is 32.5 Å². The van der Waals surface area contributed by atoms with Crippen molar-refractivity contribution < 1.29 is 32.2 Å². The highest BCUT2D eigenvalue weighted by atomic mass is 19.4. The highest BCUT2D eigenvalue weighted by Gasteiger charge is 2.42. The van der Waals surface area contributed by atoms with E-state index in [1.165, 1.54) is 6.08 Å². The quantitative estimate of drug-likeness (QED) is 0.285. The Morgan fingerprint density at radius 1 is 0.784 bits per heavy atom. The Balaban J connectivity index is 1.82. The average Bonchev–Trinajstić information content (AvgIpc) is 2.91. The van der Waals surface area contributed by atoms with Gasteiger partial charge < -0.3 is 19.5 Å². The summed E-state index contributed by atoms with van der Waals surface area (Å²) in [5.41, 5.74) is 2.52. The zero-order chi connectivity index (χ0) is 26.5. The molecular formula is C29H30F3NO4. The number of nitrogens with one attached hydrogen (secondary N) is 1. The second-order valence-electron chi connectivity index (χ2n) is 8.34. The van der Waals surface area contributed by atoms with E-state index in [1.54, 1.807) is 0 Å². The summed E-state index contributed by atoms with van der Waals surface area (Å²) in [6.45, 7) is 3.97. The molecule has 196 valence electrons. The minimum Gasteiger partial charge on any atom is -0.375 e. The summed E-state index contributed by atoms with van der Waals surface area (Å²) in [6, 6.07) is 26.5. The number of carbonyl (C=O) groups excluding carboxylic acids is 1. The van der Waals surface area contributed by atoms with Gasteiger partial charge in [0, 0.05) is 0 Å². The van der Waals surface area contributed by atoms with Crippen molar-refractivity contribution >= 4 is 5.91 Å². The minimum atomic E-state index is -5.07. The zero-order valence-corrected chi connectivity index (χ0v) is 20.3. The summed E-state index contributed by atoms with van der Waals surface area (Å²) in [5, 5.41) is 2.05. The average molecular weight is 514 g/mol. The molecule has 0 aliphatic rings. The molecule has 3 aromatic rings. The van der Waals surface area contributed by atoms with E-state index in [4.69, 9.17) is 14.2 Å². The van der Waals surface area contributed by atoms with Crippen molar-refractivity contribution in [3.63, 3.8) is 0 Å². The first kappa shape index (κ1) is 28.1. The Kier molecular flexibility index (Phi) is 10.9. The molecule has 0 heterocycles. The van der Waals surface area contributed by atoms with E-state index < -0.39 is 30.3 Å². The molecule has 0 aliphatic carbocycles. The van der Waals surface area contributed by atoms with Crippen molar-refractivity contribution in [1.29, 1.82) is 0 Å². The van der Waals surface area contributed by atoms with Crippen molar-refractivity contribution in [1.82, 2.24) is 5.32 Å². The van der Waals surface area contributed by atoms with Crippen molar-refractivity contribution in [3.8, 4) is 0 Å². The van der Waals surface area contributed by atoms with Gasteiger partial charge in [0.15, 0.2) is 0 Å². The van der Waals surface area contributed by atoms with Gasteiger partial charge in [-0.25, -0.2) is 0 Å². The third-order valence-corrected chi connectivity index (χ3v) is 5.51. The second kappa shape index (κ2) is 14.3. The van der Waals surface area contributed by atoms with E-state index in [1.807, 2.05) is 91.0 Å². The molecule has 37 heavy (non-hydrogen) atoms. The Morgan fingerprint density at radius 3 is 1.70 bits per heavy atom. The number of benzene rings is 3. The monoisotopic (exact) mass is 513 g/mol. The third kappa shape index (κ3) is 9.49. The summed E-state index contributed by atoms with van der Waals surface area (Å²) < 4.78 is 57.5. The van der Waals surface area contributed by atoms with Crippen LogP contribution in [0.2, 0.25) is 0 Å². The lowest BCUT2D eigenvalue weighted by Crippen LogP contribution is -2.55. The van der Waals surface area contributed by atoms with Gasteiger partial charge >= 0.3 is 12.1 Å². The maximum atomic E-state index is 13.2. The highest BCUT2D eigenvalue weighted by Crippen LogP contribution is 2.20. The van der Waals surface area contributed by atoms with Crippen LogP contribution >= 0.6 is 0 Å². The molecule has 0 saturated carbocycles. The van der Waals surface area contributed by atoms with E-state index in [0.29, 0.717) is 0 Å². The largest absolute Gasteiger partial charge is 0.471 e. The smallest absolute Gasteiger partial charge is 0.375 e. The molecule has 0 saturated heterocycles. The summed E-state index contributed by atoms with van der Waals surface area (Å²) >= 11 is 0. The molecule has 0 bridgehead atoms. The number of amides is 1. The van der Waals surface area contributed by atoms with Crippen molar-refractivity contribution in [2.75, 3.05) is 6.61 Å². The Bertz CT molecular complexity index is 1080. The molecule has 0 unspecified atom stereocenters. The maximum Gasteiger partial charge on any atom is 0.471 e. The third-order valence-electron chi connectivity index (χ3n) is 5.51. The predicted octanol–water partition coefficient (Wildman–Crippen LogP) is 5.61. The number of rotatable bonds is 14. The van der Waals surface area contributed by atoms with E-state index in [-0.39, 0.29) is 26.4 Å². The van der Waals surface area contributed by atoms with E-state index in [0.717, 1.165) is 16.7 Å². The summed E-state index contributed by atoms with van der Waals surface area (Å²) in [6.07, 6.45) is -5.48. The second-order valence-corrected chi connectivity index (χ2v) is 8.34. The number of hydrogen-bond acceptors (Lipinski definition) is 4. The van der Waals surface area contributed by atoms with Crippen molar-refractivity contribution in [2.24, 2.45) is 0 Å². The molecule has 0 spiro atoms. The fourth-order valence-corrected chi connectivity index (χ4v) is 3.62. The standard InChI is InChI=1S/C29H30F3NO4/c1-2-26(36-19-23-14-8-4-9-15-23)27(37-20-24-16-10-5-11-17-24)25(33-28(34)29(30,31)32)21-35-18-22-12-6-3-7-13-22/h2-17,25-27H,1,18-21H2,(H,33,34)/t25-,26-,27+/m1/s1. The fourth-order valence-electron chi connectivity index (χ4n) is 3.62. The Labute approximate surface area is 214 Å². The maximum absolute atomic E-state index is 13.2. The molecule has 1 amide bonds. The lowest BCUT2D eigenvalue weighted by atomic mass is 10.0. The van der Waals surface area contributed by atoms with Crippen LogP contribution in [0.1, 0.15) is 16.7 Å². The van der Waals surface area contributed by atoms with Gasteiger partial charge in [0.2, 0.25) is 0 Å². The fraction of sp³-hybridized carbons (Fsp3) is 0.276. The van der Waals surface area contributed by atoms with Crippen LogP contribution in [-0.4, -0.2) is 36.9 Å². The van der Waals surface area contributed by atoms with Crippen LogP contribution in [0, 0.1) is 0 Å². The number of alkyl halides is 3. The SMILES string of the molecule is C=C[C@@H](OCc1ccccc1)[C@@H](OCc1ccccc1)[C@@H](COCc1ccccc1)NC(=O)C(F)(F)F. The molecule has 1 N–H and O–H groups in total. The summed E-state index contributed by atoms with van der Waals surface area (Å²) in [5.74, 6) is -2.08. The van der Waals surface area contributed by atoms with Gasteiger partial charge in [-0.15, -0.1) is 6.58 Å². The molecule has 8 heteroatoms. The minimum absolute atomic E-state index is 0.0849. The summed E-state index contributed by atoms with van der Waals surface area (Å²) in [7, 11) is 0. The van der Waals surface area contributed by atoms with E-state index >= 15 is 0 Å². The van der Waals surface area contributed by atoms with Crippen molar-refractivity contribution in [2.45, 2.75) is 44.2 Å². The number of halogens is 3. The normalized spacial score (nSPS) is 13.9. The zero-order valence-electron chi connectivity index (χ0n) is 20.3. The van der Waals surface area contributed by atoms with Crippen molar-refractivity contribution in [3.05, 3.63) is 120 Å². The lowest BCUT2D eigenvalue weighted by molar-refractivity contribution is -0.177. The van der Waals surface area contributed by atoms with Gasteiger partial charge in [-0.1, -0.05) is 97.1 Å². The van der Waals surface area contributed by atoms with Crippen LogP contribution in [0.3, 0.4) is 0 Å². The molecule has 0 fully saturated rings. The van der Waals surface area contributed by atoms with Crippen LogP contribution in [0.15, 0.2) is 104 Å². The first-order chi connectivity index (χ1) is 17.9. The lowest BCUT2D eigenvalue weighted by Gasteiger charge is -2.33. The van der Waals surface area contributed by atoms with Gasteiger partial charge in [-0.3, -0.25) is 4.79 Å². The highest BCUT2D eigenvalue weighted by molar-refractivity contribution is 5.82. The number of carbonyl (C=O) groups is 1. The number of ether oxygens (including phenoxy) is 3. The van der Waals surface area contributed by atoms with Crippen LogP contribution in [0.25, 0.3) is 0 Å². The van der Waals surface area contributed by atoms with Crippen LogP contribution < -0.4 is 5.32 Å². The van der Waals surface area contributed by atoms with Gasteiger partial charge in [0.25, 0.3) is 0 Å². The predicted molar refractivity (Wildman–Crippen MR) is 134 cm³/mol. The Hall–Kier alpha value is -3.46. The molecule has 3 aromatic carbocycles. The van der Waals surface area contributed by atoms with Gasteiger partial charge in [0.1, 0.15) is 12.2 Å². The van der Waals surface area contributed by atoms with E-state index in [9.17, 15) is 18.0 Å². The molecular weight excluding hydrogens is 483 g/mol. The molecule has 0 aromatic heterocycles. The first-order valence-electron chi connectivity index (χ1n) is 11.8. The van der Waals surface area contributed by atoms with Gasteiger partial charge in [-0.05, 0) is 16.7 Å². The first-order valence-corrected chi connectivity index (χ1v) is 11.8. The van der Waals surface area contributed by atoms with Crippen LogP contribution in [0.4, 0.5) is 13.2 Å².